The normalized spacial score (nSPS) is 11.0. The topological polar surface area (TPSA) is 50.7 Å². The largest absolute Gasteiger partial charge is 0.328 e. The number of H-pyrrole nitrogens is 1. The van der Waals surface area contributed by atoms with E-state index >= 15 is 0 Å². The van der Waals surface area contributed by atoms with Gasteiger partial charge in [0.25, 0.3) is 0 Å². The van der Waals surface area contributed by atoms with E-state index in [4.69, 9.17) is 4.98 Å². The fourth-order valence-electron chi connectivity index (χ4n) is 2.88. The van der Waals surface area contributed by atoms with Crippen LogP contribution in [-0.2, 0) is 6.54 Å². The Kier molecular flexibility index (Phi) is 3.50. The lowest BCUT2D eigenvalue weighted by Gasteiger charge is -2.10. The maximum absolute atomic E-state index is 11.4. The van der Waals surface area contributed by atoms with Crippen molar-refractivity contribution in [1.82, 2.24) is 14.5 Å². The van der Waals surface area contributed by atoms with Gasteiger partial charge in [0, 0.05) is 24.4 Å². The summed E-state index contributed by atoms with van der Waals surface area (Å²) < 4.78 is 2.19. The van der Waals surface area contributed by atoms with Crippen LogP contribution in [0.15, 0.2) is 71.7 Å². The van der Waals surface area contributed by atoms with Gasteiger partial charge in [0.15, 0.2) is 0 Å². The number of hydrogen-bond acceptors (Lipinski definition) is 2. The number of pyridine rings is 1. The monoisotopic (exact) mass is 315 g/mol. The molecule has 0 unspecified atom stereocenters. The molecule has 0 saturated carbocycles. The van der Waals surface area contributed by atoms with Crippen LogP contribution in [0.4, 0.5) is 0 Å². The van der Waals surface area contributed by atoms with Crippen LogP contribution in [0.5, 0.6) is 0 Å². The minimum atomic E-state index is -0.111. The average molecular weight is 315 g/mol. The molecule has 4 nitrogen and oxygen atoms in total. The van der Waals surface area contributed by atoms with E-state index in [0.29, 0.717) is 0 Å². The van der Waals surface area contributed by atoms with Gasteiger partial charge in [-0.15, -0.1) is 0 Å². The van der Waals surface area contributed by atoms with Crippen LogP contribution < -0.4 is 5.56 Å². The molecule has 118 valence electrons. The molecule has 2 aromatic carbocycles. The fraction of sp³-hybridized carbons (Fsp3) is 0.100. The quantitative estimate of drug-likeness (QED) is 0.626. The Labute approximate surface area is 139 Å². The van der Waals surface area contributed by atoms with Crippen molar-refractivity contribution in [3.63, 3.8) is 0 Å². The van der Waals surface area contributed by atoms with E-state index in [1.165, 1.54) is 17.2 Å². The Hall–Kier alpha value is -3.14. The second-order valence-corrected chi connectivity index (χ2v) is 5.94. The van der Waals surface area contributed by atoms with Gasteiger partial charge in [-0.05, 0) is 30.7 Å². The molecule has 1 N–H and O–H groups in total. The second kappa shape index (κ2) is 5.81. The van der Waals surface area contributed by atoms with Gasteiger partial charge in [-0.25, -0.2) is 4.98 Å². The van der Waals surface area contributed by atoms with Gasteiger partial charge in [0.2, 0.25) is 5.56 Å². The van der Waals surface area contributed by atoms with Crippen molar-refractivity contribution < 1.29 is 0 Å². The molecule has 0 aliphatic carbocycles. The highest BCUT2D eigenvalue weighted by Gasteiger charge is 2.12. The number of benzene rings is 2. The molecule has 0 radical (unpaired) electrons. The number of aromatic amines is 1. The van der Waals surface area contributed by atoms with Crippen molar-refractivity contribution in [1.29, 1.82) is 0 Å². The van der Waals surface area contributed by atoms with Crippen molar-refractivity contribution in [2.75, 3.05) is 0 Å². The molecule has 4 aromatic rings. The molecule has 0 spiro atoms. The Balaban J connectivity index is 1.88. The standard InChI is InChI=1S/C20H17N3O/c1-14-6-8-15(9-7-14)13-23-18-5-3-2-4-17(18)22-20(23)16-10-11-19(24)21-12-16/h2-12H,13H2,1H3,(H,21,24). The minimum Gasteiger partial charge on any atom is -0.328 e. The van der Waals surface area contributed by atoms with E-state index in [-0.39, 0.29) is 5.56 Å². The summed E-state index contributed by atoms with van der Waals surface area (Å²) in [4.78, 5) is 18.8. The van der Waals surface area contributed by atoms with E-state index in [0.717, 1.165) is 29.0 Å². The molecule has 0 fully saturated rings. The Morgan fingerprint density at radius 3 is 2.54 bits per heavy atom. The van der Waals surface area contributed by atoms with Crippen LogP contribution >= 0.6 is 0 Å². The molecule has 2 aromatic heterocycles. The molecule has 24 heavy (non-hydrogen) atoms. The highest BCUT2D eigenvalue weighted by molar-refractivity contribution is 5.80. The number of nitrogens with one attached hydrogen (secondary N) is 1. The van der Waals surface area contributed by atoms with Gasteiger partial charge in [-0.2, -0.15) is 0 Å². The van der Waals surface area contributed by atoms with Crippen molar-refractivity contribution in [2.24, 2.45) is 0 Å². The zero-order valence-electron chi connectivity index (χ0n) is 13.4. The summed E-state index contributed by atoms with van der Waals surface area (Å²) in [6.07, 6.45) is 1.72. The number of nitrogens with zero attached hydrogens (tertiary/aromatic N) is 2. The SMILES string of the molecule is Cc1ccc(Cn2c(-c3ccc(=O)[nH]c3)nc3ccccc32)cc1. The molecule has 0 saturated heterocycles. The molecule has 2 heterocycles. The van der Waals surface area contributed by atoms with E-state index in [1.807, 2.05) is 24.3 Å². The van der Waals surface area contributed by atoms with E-state index in [2.05, 4.69) is 46.8 Å². The third kappa shape index (κ3) is 2.63. The molecule has 4 rings (SSSR count). The molecule has 4 heteroatoms. The number of imidazole rings is 1. The Morgan fingerprint density at radius 1 is 1.00 bits per heavy atom. The smallest absolute Gasteiger partial charge is 0.247 e. The van der Waals surface area contributed by atoms with E-state index < -0.39 is 0 Å². The lowest BCUT2D eigenvalue weighted by molar-refractivity contribution is 0.833. The van der Waals surface area contributed by atoms with Crippen molar-refractivity contribution >= 4 is 11.0 Å². The van der Waals surface area contributed by atoms with E-state index in [1.54, 1.807) is 6.20 Å². The molecule has 0 aliphatic rings. The second-order valence-electron chi connectivity index (χ2n) is 5.94. The van der Waals surface area contributed by atoms with Gasteiger partial charge < -0.3 is 9.55 Å². The minimum absolute atomic E-state index is 0.111. The van der Waals surface area contributed by atoms with Crippen LogP contribution in [0.25, 0.3) is 22.4 Å². The third-order valence-corrected chi connectivity index (χ3v) is 4.16. The van der Waals surface area contributed by atoms with Crippen molar-refractivity contribution in [2.45, 2.75) is 13.5 Å². The molecular formula is C20H17N3O. The summed E-state index contributed by atoms with van der Waals surface area (Å²) >= 11 is 0. The van der Waals surface area contributed by atoms with Crippen LogP contribution in [0.1, 0.15) is 11.1 Å². The lowest BCUT2D eigenvalue weighted by atomic mass is 10.1. The van der Waals surface area contributed by atoms with Gasteiger partial charge in [-0.1, -0.05) is 42.0 Å². The highest BCUT2D eigenvalue weighted by atomic mass is 16.1. The zero-order chi connectivity index (χ0) is 16.5. The number of aromatic nitrogens is 3. The Morgan fingerprint density at radius 2 is 1.79 bits per heavy atom. The van der Waals surface area contributed by atoms with Crippen LogP contribution in [-0.4, -0.2) is 14.5 Å². The maximum Gasteiger partial charge on any atom is 0.247 e. The lowest BCUT2D eigenvalue weighted by Crippen LogP contribution is -2.05. The van der Waals surface area contributed by atoms with Crippen molar-refractivity contribution in [3.05, 3.63) is 88.3 Å². The molecule has 0 bridgehead atoms. The molecule has 0 amide bonds. The summed E-state index contributed by atoms with van der Waals surface area (Å²) in [5, 5.41) is 0. The molecule has 0 aliphatic heterocycles. The van der Waals surface area contributed by atoms with Crippen LogP contribution in [0.3, 0.4) is 0 Å². The van der Waals surface area contributed by atoms with Gasteiger partial charge in [0.05, 0.1) is 11.0 Å². The fourth-order valence-corrected chi connectivity index (χ4v) is 2.88. The summed E-state index contributed by atoms with van der Waals surface area (Å²) in [5.41, 5.74) is 5.28. The maximum atomic E-state index is 11.4. The summed E-state index contributed by atoms with van der Waals surface area (Å²) in [5.74, 6) is 0.855. The highest BCUT2D eigenvalue weighted by Crippen LogP contribution is 2.25. The number of rotatable bonds is 3. The predicted octanol–water partition coefficient (Wildman–Crippen LogP) is 3.75. The third-order valence-electron chi connectivity index (χ3n) is 4.16. The van der Waals surface area contributed by atoms with Crippen molar-refractivity contribution in [3.8, 4) is 11.4 Å². The first kappa shape index (κ1) is 14.5. The number of aryl methyl sites for hydroxylation is 1. The number of hydrogen-bond donors (Lipinski definition) is 1. The Bertz CT molecular complexity index is 1040. The molecular weight excluding hydrogens is 298 g/mol. The summed E-state index contributed by atoms with van der Waals surface area (Å²) in [6, 6.07) is 20.0. The van der Waals surface area contributed by atoms with Gasteiger partial charge in [0.1, 0.15) is 5.82 Å². The average Bonchev–Trinajstić information content (AvgIpc) is 2.96. The van der Waals surface area contributed by atoms with E-state index in [9.17, 15) is 4.79 Å². The first-order chi connectivity index (χ1) is 11.7. The number of para-hydroxylation sites is 2. The predicted molar refractivity (Wildman–Crippen MR) is 96.1 cm³/mol. The number of fused-ring (bicyclic) bond motifs is 1. The first-order valence-electron chi connectivity index (χ1n) is 7.91. The molecule has 0 atom stereocenters. The zero-order valence-corrected chi connectivity index (χ0v) is 13.4. The van der Waals surface area contributed by atoms with Gasteiger partial charge in [-0.3, -0.25) is 4.79 Å². The van der Waals surface area contributed by atoms with Gasteiger partial charge >= 0.3 is 0 Å². The summed E-state index contributed by atoms with van der Waals surface area (Å²) in [7, 11) is 0. The van der Waals surface area contributed by atoms with Crippen LogP contribution in [0.2, 0.25) is 0 Å². The van der Waals surface area contributed by atoms with Crippen LogP contribution in [0, 0.1) is 6.92 Å². The summed E-state index contributed by atoms with van der Waals surface area (Å²) in [6.45, 7) is 2.82. The first-order valence-corrected chi connectivity index (χ1v) is 7.91.